The van der Waals surface area contributed by atoms with Crippen LogP contribution in [-0.2, 0) is 22.4 Å². The molecule has 2 aliphatic heterocycles. The van der Waals surface area contributed by atoms with Gasteiger partial charge in [0.25, 0.3) is 0 Å². The molecule has 2 aromatic carbocycles. The van der Waals surface area contributed by atoms with Crippen LogP contribution in [0.25, 0.3) is 0 Å². The molecule has 1 N–H and O–H groups in total. The maximum atomic E-state index is 13.0. The number of amides is 1. The summed E-state index contributed by atoms with van der Waals surface area (Å²) in [5.41, 5.74) is 4.81. The third-order valence-corrected chi connectivity index (χ3v) is 7.99. The Morgan fingerprint density at radius 1 is 1.06 bits per heavy atom. The molecule has 4 atom stereocenters. The number of anilines is 1. The number of carbonyl (C=O) groups excluding carboxylic acids is 2. The van der Waals surface area contributed by atoms with Crippen LogP contribution in [0.3, 0.4) is 0 Å². The molecular formula is C29H26N2O4. The average molecular weight is 467 g/mol. The predicted octanol–water partition coefficient (Wildman–Crippen LogP) is 5.31. The Labute approximate surface area is 203 Å². The van der Waals surface area contributed by atoms with Gasteiger partial charge in [-0.25, -0.2) is 4.98 Å². The van der Waals surface area contributed by atoms with Crippen molar-refractivity contribution in [2.45, 2.75) is 56.5 Å². The number of aromatic nitrogens is 1. The first-order valence-electron chi connectivity index (χ1n) is 12.5. The molecule has 1 saturated carbocycles. The zero-order valence-electron chi connectivity index (χ0n) is 19.3. The molecule has 6 heteroatoms. The second-order valence-electron chi connectivity index (χ2n) is 10.1. The lowest BCUT2D eigenvalue weighted by atomic mass is 9.93. The van der Waals surface area contributed by atoms with Crippen LogP contribution in [-0.4, -0.2) is 22.8 Å². The summed E-state index contributed by atoms with van der Waals surface area (Å²) >= 11 is 0. The summed E-state index contributed by atoms with van der Waals surface area (Å²) < 4.78 is 12.4. The second kappa shape index (κ2) is 7.94. The van der Waals surface area contributed by atoms with Gasteiger partial charge in [0.15, 0.2) is 0 Å². The Kier molecular flexibility index (Phi) is 4.69. The quantitative estimate of drug-likeness (QED) is 0.533. The Morgan fingerprint density at radius 3 is 2.91 bits per heavy atom. The van der Waals surface area contributed by atoms with Gasteiger partial charge in [0, 0.05) is 48.4 Å². The lowest BCUT2D eigenvalue weighted by Gasteiger charge is -2.19. The standard InChI is InChI=1S/C29H26N2O4/c32-18(13-17-6-5-16-3-1-2-4-20(16)17)14-23-27-22-15-19(7-9-24(22)35-28(23)27)34-25-11-12-30-29-21(25)8-10-26(33)31-29/h1-4,7,9,11-12,15,17,23,27-28H,5-6,8,10,13-14H2,(H,30,31,33)/t17-,23-,27-,28+/m0/s1. The summed E-state index contributed by atoms with van der Waals surface area (Å²) in [6.07, 6.45) is 6.15. The van der Waals surface area contributed by atoms with E-state index >= 15 is 0 Å². The third kappa shape index (κ3) is 3.59. The number of nitrogens with one attached hydrogen (secondary N) is 1. The molecule has 176 valence electrons. The van der Waals surface area contributed by atoms with Gasteiger partial charge in [0.05, 0.1) is 0 Å². The highest BCUT2D eigenvalue weighted by atomic mass is 16.5. The van der Waals surface area contributed by atoms with E-state index in [0.29, 0.717) is 49.0 Å². The fourth-order valence-electron chi connectivity index (χ4n) is 6.22. The number of Topliss-reactive ketones (excluding diaryl/α,β-unsaturated/α-hetero) is 1. The van der Waals surface area contributed by atoms with E-state index in [0.717, 1.165) is 35.5 Å². The zero-order chi connectivity index (χ0) is 23.5. The first-order chi connectivity index (χ1) is 17.1. The highest BCUT2D eigenvalue weighted by Gasteiger charge is 2.59. The molecule has 1 amide bonds. The monoisotopic (exact) mass is 466 g/mol. The Hall–Kier alpha value is -3.67. The number of fused-ring (bicyclic) bond motifs is 5. The fraction of sp³-hybridized carbons (Fsp3) is 0.345. The molecule has 0 saturated heterocycles. The van der Waals surface area contributed by atoms with Crippen LogP contribution in [0.15, 0.2) is 54.7 Å². The lowest BCUT2D eigenvalue weighted by Crippen LogP contribution is -2.20. The topological polar surface area (TPSA) is 77.5 Å². The van der Waals surface area contributed by atoms with Crippen molar-refractivity contribution in [3.05, 3.63) is 77.0 Å². The first-order valence-corrected chi connectivity index (χ1v) is 12.5. The molecule has 7 rings (SSSR count). The average Bonchev–Trinajstić information content (AvgIpc) is 3.18. The summed E-state index contributed by atoms with van der Waals surface area (Å²) in [6, 6.07) is 16.3. The summed E-state index contributed by atoms with van der Waals surface area (Å²) in [4.78, 5) is 28.9. The van der Waals surface area contributed by atoms with E-state index in [-0.39, 0.29) is 23.8 Å². The maximum absolute atomic E-state index is 13.0. The van der Waals surface area contributed by atoms with Crippen LogP contribution in [0.2, 0.25) is 0 Å². The largest absolute Gasteiger partial charge is 0.489 e. The number of ketones is 1. The van der Waals surface area contributed by atoms with E-state index in [4.69, 9.17) is 9.47 Å². The minimum Gasteiger partial charge on any atom is -0.489 e. The molecule has 0 spiro atoms. The second-order valence-corrected chi connectivity index (χ2v) is 10.1. The van der Waals surface area contributed by atoms with Crippen molar-refractivity contribution in [2.75, 3.05) is 5.32 Å². The number of benzene rings is 2. The fourth-order valence-corrected chi connectivity index (χ4v) is 6.22. The van der Waals surface area contributed by atoms with Gasteiger partial charge < -0.3 is 14.8 Å². The molecule has 3 aromatic rings. The number of hydrogen-bond donors (Lipinski definition) is 1. The van der Waals surface area contributed by atoms with E-state index in [1.54, 1.807) is 6.20 Å². The van der Waals surface area contributed by atoms with Gasteiger partial charge in [-0.05, 0) is 60.6 Å². The van der Waals surface area contributed by atoms with Crippen molar-refractivity contribution >= 4 is 17.5 Å². The van der Waals surface area contributed by atoms with Crippen LogP contribution < -0.4 is 14.8 Å². The zero-order valence-corrected chi connectivity index (χ0v) is 19.3. The number of rotatable bonds is 6. The normalized spacial score (nSPS) is 25.0. The number of carbonyl (C=O) groups is 2. The molecule has 1 fully saturated rings. The summed E-state index contributed by atoms with van der Waals surface area (Å²) in [5.74, 6) is 4.12. The van der Waals surface area contributed by atoms with E-state index in [1.165, 1.54) is 11.1 Å². The van der Waals surface area contributed by atoms with E-state index in [1.807, 2.05) is 24.3 Å². The van der Waals surface area contributed by atoms with Crippen LogP contribution in [0.5, 0.6) is 17.2 Å². The van der Waals surface area contributed by atoms with Crippen molar-refractivity contribution < 1.29 is 19.1 Å². The van der Waals surface area contributed by atoms with Gasteiger partial charge in [-0.3, -0.25) is 9.59 Å². The number of aryl methyl sites for hydroxylation is 1. The van der Waals surface area contributed by atoms with Gasteiger partial charge in [0.1, 0.15) is 35.0 Å². The molecular weight excluding hydrogens is 440 g/mol. The highest BCUT2D eigenvalue weighted by molar-refractivity contribution is 5.93. The van der Waals surface area contributed by atoms with Gasteiger partial charge in [-0.2, -0.15) is 0 Å². The number of hydrogen-bond acceptors (Lipinski definition) is 5. The van der Waals surface area contributed by atoms with Crippen molar-refractivity contribution in [2.24, 2.45) is 5.92 Å². The van der Waals surface area contributed by atoms with Crippen LogP contribution in [0.1, 0.15) is 59.8 Å². The maximum Gasteiger partial charge on any atom is 0.225 e. The van der Waals surface area contributed by atoms with Gasteiger partial charge >= 0.3 is 0 Å². The molecule has 1 aromatic heterocycles. The van der Waals surface area contributed by atoms with Crippen LogP contribution >= 0.6 is 0 Å². The number of nitrogens with zero attached hydrogens (tertiary/aromatic N) is 1. The van der Waals surface area contributed by atoms with Crippen LogP contribution in [0, 0.1) is 5.92 Å². The Balaban J connectivity index is 1.03. The highest BCUT2D eigenvalue weighted by Crippen LogP contribution is 2.60. The van der Waals surface area contributed by atoms with Crippen LogP contribution in [0.4, 0.5) is 5.82 Å². The molecule has 0 bridgehead atoms. The van der Waals surface area contributed by atoms with E-state index < -0.39 is 0 Å². The molecule has 4 aliphatic rings. The summed E-state index contributed by atoms with van der Waals surface area (Å²) in [6.45, 7) is 0. The van der Waals surface area contributed by atoms with E-state index in [2.05, 4.69) is 34.6 Å². The lowest BCUT2D eigenvalue weighted by molar-refractivity contribution is -0.120. The Bertz CT molecular complexity index is 1370. The third-order valence-electron chi connectivity index (χ3n) is 7.99. The SMILES string of the molecule is O=C(C[C@@H]1CCc2ccccc21)C[C@@H]1[C@H]2Oc3ccc(Oc4ccnc5c4CCC(=O)N5)cc3[C@@H]12. The van der Waals surface area contributed by atoms with Gasteiger partial charge in [-0.1, -0.05) is 24.3 Å². The molecule has 35 heavy (non-hydrogen) atoms. The molecule has 3 heterocycles. The first kappa shape index (κ1) is 20.7. The summed E-state index contributed by atoms with van der Waals surface area (Å²) in [5, 5.41) is 2.81. The minimum absolute atomic E-state index is 0.0191. The van der Waals surface area contributed by atoms with Crippen molar-refractivity contribution in [3.8, 4) is 17.2 Å². The van der Waals surface area contributed by atoms with Gasteiger partial charge in [0.2, 0.25) is 5.91 Å². The predicted molar refractivity (Wildman–Crippen MR) is 130 cm³/mol. The van der Waals surface area contributed by atoms with E-state index in [9.17, 15) is 9.59 Å². The molecule has 2 aliphatic carbocycles. The smallest absolute Gasteiger partial charge is 0.225 e. The number of pyridine rings is 1. The Morgan fingerprint density at radius 2 is 1.97 bits per heavy atom. The van der Waals surface area contributed by atoms with Crippen molar-refractivity contribution in [1.29, 1.82) is 0 Å². The van der Waals surface area contributed by atoms with Gasteiger partial charge in [-0.15, -0.1) is 0 Å². The molecule has 6 nitrogen and oxygen atoms in total. The minimum atomic E-state index is -0.0191. The molecule has 0 unspecified atom stereocenters. The van der Waals surface area contributed by atoms with Crippen molar-refractivity contribution in [1.82, 2.24) is 4.98 Å². The molecule has 0 radical (unpaired) electrons. The summed E-state index contributed by atoms with van der Waals surface area (Å²) in [7, 11) is 0. The van der Waals surface area contributed by atoms with Crippen molar-refractivity contribution in [3.63, 3.8) is 0 Å². The number of ether oxygens (including phenoxy) is 2.